The molecule has 0 saturated carbocycles. The highest BCUT2D eigenvalue weighted by Crippen LogP contribution is 2.08. The Morgan fingerprint density at radius 1 is 1.33 bits per heavy atom. The molecule has 0 spiro atoms. The van der Waals surface area contributed by atoms with Crippen LogP contribution in [0.4, 0.5) is 4.79 Å². The molecular formula is C7H10N4O. The molecule has 0 aliphatic carbocycles. The van der Waals surface area contributed by atoms with Gasteiger partial charge in [-0.3, -0.25) is 0 Å². The molecular weight excluding hydrogens is 156 g/mol. The van der Waals surface area contributed by atoms with Crippen molar-refractivity contribution in [1.29, 1.82) is 0 Å². The van der Waals surface area contributed by atoms with E-state index in [0.717, 1.165) is 25.9 Å². The van der Waals surface area contributed by atoms with Gasteiger partial charge in [0.1, 0.15) is 0 Å². The molecule has 64 valence electrons. The number of hydrogen-bond donors (Lipinski definition) is 0. The quantitative estimate of drug-likeness (QED) is 0.558. The molecule has 1 amide bonds. The van der Waals surface area contributed by atoms with Crippen molar-refractivity contribution < 1.29 is 4.79 Å². The smallest absolute Gasteiger partial charge is 0.323 e. The molecule has 0 aromatic carbocycles. The standard InChI is InChI=1S/C7H10N4O/c12-7(10-4-1-2-5-10)11-6-3-8-9-11/h3,6H,1-2,4-5H2. The number of hydrogen-bond acceptors (Lipinski definition) is 3. The van der Waals surface area contributed by atoms with Crippen molar-refractivity contribution in [3.05, 3.63) is 12.4 Å². The van der Waals surface area contributed by atoms with Gasteiger partial charge in [-0.2, -0.15) is 4.68 Å². The summed E-state index contributed by atoms with van der Waals surface area (Å²) in [6.45, 7) is 1.69. The fourth-order valence-corrected chi connectivity index (χ4v) is 1.36. The van der Waals surface area contributed by atoms with E-state index >= 15 is 0 Å². The van der Waals surface area contributed by atoms with Crippen LogP contribution in [0.25, 0.3) is 0 Å². The summed E-state index contributed by atoms with van der Waals surface area (Å²) in [6.07, 6.45) is 5.27. The van der Waals surface area contributed by atoms with E-state index in [1.165, 1.54) is 10.9 Å². The number of rotatable bonds is 0. The first-order valence-corrected chi connectivity index (χ1v) is 4.03. The van der Waals surface area contributed by atoms with Gasteiger partial charge in [0.25, 0.3) is 0 Å². The van der Waals surface area contributed by atoms with E-state index in [9.17, 15) is 4.79 Å². The van der Waals surface area contributed by atoms with Crippen LogP contribution in [-0.4, -0.2) is 39.0 Å². The Bertz CT molecular complexity index is 263. The largest absolute Gasteiger partial charge is 0.346 e. The highest BCUT2D eigenvalue weighted by molar-refractivity contribution is 5.75. The molecule has 0 N–H and O–H groups in total. The Balaban J connectivity index is 2.09. The second-order valence-corrected chi connectivity index (χ2v) is 2.82. The zero-order chi connectivity index (χ0) is 8.39. The zero-order valence-electron chi connectivity index (χ0n) is 6.68. The molecule has 2 heterocycles. The molecule has 2 rings (SSSR count). The van der Waals surface area contributed by atoms with E-state index < -0.39 is 0 Å². The number of carbonyl (C=O) groups excluding carboxylic acids is 1. The Morgan fingerprint density at radius 3 is 2.67 bits per heavy atom. The fraction of sp³-hybridized carbons (Fsp3) is 0.571. The lowest BCUT2D eigenvalue weighted by atomic mass is 10.4. The first-order chi connectivity index (χ1) is 5.88. The lowest BCUT2D eigenvalue weighted by molar-refractivity contribution is 0.206. The minimum Gasteiger partial charge on any atom is -0.323 e. The third-order valence-corrected chi connectivity index (χ3v) is 2.00. The summed E-state index contributed by atoms with van der Waals surface area (Å²) >= 11 is 0. The minimum atomic E-state index is -0.0648. The molecule has 12 heavy (non-hydrogen) atoms. The number of nitrogens with zero attached hydrogens (tertiary/aromatic N) is 4. The summed E-state index contributed by atoms with van der Waals surface area (Å²) in [5.74, 6) is 0. The molecule has 0 atom stereocenters. The zero-order valence-corrected chi connectivity index (χ0v) is 6.68. The Labute approximate surface area is 70.0 Å². The van der Waals surface area contributed by atoms with Gasteiger partial charge in [-0.15, -0.1) is 5.10 Å². The highest BCUT2D eigenvalue weighted by atomic mass is 16.2. The topological polar surface area (TPSA) is 51.0 Å². The van der Waals surface area contributed by atoms with Crippen molar-refractivity contribution in [2.45, 2.75) is 12.8 Å². The number of amides is 1. The van der Waals surface area contributed by atoms with E-state index in [1.807, 2.05) is 0 Å². The lowest BCUT2D eigenvalue weighted by Crippen LogP contribution is -2.32. The van der Waals surface area contributed by atoms with Gasteiger partial charge in [-0.05, 0) is 12.8 Å². The monoisotopic (exact) mass is 166 g/mol. The van der Waals surface area contributed by atoms with E-state index in [0.29, 0.717) is 0 Å². The summed E-state index contributed by atoms with van der Waals surface area (Å²) < 4.78 is 1.27. The summed E-state index contributed by atoms with van der Waals surface area (Å²) in [5, 5.41) is 7.22. The average Bonchev–Trinajstić information content (AvgIpc) is 2.77. The predicted octanol–water partition coefficient (Wildman–Crippen LogP) is 0.342. The van der Waals surface area contributed by atoms with Gasteiger partial charge >= 0.3 is 6.03 Å². The Hall–Kier alpha value is -1.39. The predicted molar refractivity (Wildman–Crippen MR) is 41.6 cm³/mol. The van der Waals surface area contributed by atoms with Crippen molar-refractivity contribution in [2.75, 3.05) is 13.1 Å². The van der Waals surface area contributed by atoms with Crippen LogP contribution < -0.4 is 0 Å². The van der Waals surface area contributed by atoms with Gasteiger partial charge in [0.15, 0.2) is 0 Å². The van der Waals surface area contributed by atoms with Crippen molar-refractivity contribution in [3.63, 3.8) is 0 Å². The third kappa shape index (κ3) is 1.17. The van der Waals surface area contributed by atoms with E-state index in [1.54, 1.807) is 11.1 Å². The van der Waals surface area contributed by atoms with Gasteiger partial charge in [0, 0.05) is 13.1 Å². The number of carbonyl (C=O) groups is 1. The molecule has 1 aliphatic heterocycles. The first-order valence-electron chi connectivity index (χ1n) is 4.03. The van der Waals surface area contributed by atoms with E-state index in [2.05, 4.69) is 10.3 Å². The van der Waals surface area contributed by atoms with Crippen molar-refractivity contribution >= 4 is 6.03 Å². The maximum Gasteiger partial charge on any atom is 0.346 e. The number of aromatic nitrogens is 3. The molecule has 0 bridgehead atoms. The van der Waals surface area contributed by atoms with Crippen LogP contribution in [-0.2, 0) is 0 Å². The van der Waals surface area contributed by atoms with Crippen molar-refractivity contribution in [2.24, 2.45) is 0 Å². The molecule has 1 aromatic rings. The Morgan fingerprint density at radius 2 is 2.08 bits per heavy atom. The normalized spacial score (nSPS) is 16.8. The maximum absolute atomic E-state index is 11.5. The fourth-order valence-electron chi connectivity index (χ4n) is 1.36. The van der Waals surface area contributed by atoms with Crippen LogP contribution in [0, 0.1) is 0 Å². The van der Waals surface area contributed by atoms with Crippen LogP contribution in [0.2, 0.25) is 0 Å². The van der Waals surface area contributed by atoms with Gasteiger partial charge in [-0.1, -0.05) is 5.21 Å². The van der Waals surface area contributed by atoms with Crippen molar-refractivity contribution in [1.82, 2.24) is 19.9 Å². The molecule has 1 aromatic heterocycles. The van der Waals surface area contributed by atoms with Crippen LogP contribution in [0.1, 0.15) is 12.8 Å². The van der Waals surface area contributed by atoms with Crippen LogP contribution >= 0.6 is 0 Å². The average molecular weight is 166 g/mol. The van der Waals surface area contributed by atoms with Gasteiger partial charge < -0.3 is 4.90 Å². The maximum atomic E-state index is 11.5. The lowest BCUT2D eigenvalue weighted by Gasteiger charge is -2.13. The van der Waals surface area contributed by atoms with Crippen molar-refractivity contribution in [3.8, 4) is 0 Å². The third-order valence-electron chi connectivity index (χ3n) is 2.00. The summed E-state index contributed by atoms with van der Waals surface area (Å²) in [6, 6.07) is -0.0648. The molecule has 1 fully saturated rings. The van der Waals surface area contributed by atoms with E-state index in [-0.39, 0.29) is 6.03 Å². The summed E-state index contributed by atoms with van der Waals surface area (Å²) in [5.41, 5.74) is 0. The van der Waals surface area contributed by atoms with E-state index in [4.69, 9.17) is 0 Å². The molecule has 1 saturated heterocycles. The number of likely N-dealkylation sites (tertiary alicyclic amines) is 1. The minimum absolute atomic E-state index is 0.0648. The second-order valence-electron chi connectivity index (χ2n) is 2.82. The second kappa shape index (κ2) is 2.92. The summed E-state index contributed by atoms with van der Waals surface area (Å²) in [7, 11) is 0. The summed E-state index contributed by atoms with van der Waals surface area (Å²) in [4.78, 5) is 13.3. The van der Waals surface area contributed by atoms with Gasteiger partial charge in [0.05, 0.1) is 12.4 Å². The highest BCUT2D eigenvalue weighted by Gasteiger charge is 2.19. The molecule has 1 aliphatic rings. The van der Waals surface area contributed by atoms with Crippen LogP contribution in [0.5, 0.6) is 0 Å². The molecule has 5 heteroatoms. The van der Waals surface area contributed by atoms with Crippen LogP contribution in [0.15, 0.2) is 12.4 Å². The Kier molecular flexibility index (Phi) is 1.77. The SMILES string of the molecule is O=C(N1CCCC1)n1ccnn1. The molecule has 0 unspecified atom stereocenters. The van der Waals surface area contributed by atoms with Gasteiger partial charge in [0.2, 0.25) is 0 Å². The van der Waals surface area contributed by atoms with Crippen LogP contribution in [0.3, 0.4) is 0 Å². The first kappa shape index (κ1) is 7.27. The van der Waals surface area contributed by atoms with Gasteiger partial charge in [-0.25, -0.2) is 4.79 Å². The molecule has 0 radical (unpaired) electrons. The molecule has 5 nitrogen and oxygen atoms in total.